The first-order chi connectivity index (χ1) is 13.4. The molecule has 1 aromatic rings. The summed E-state index contributed by atoms with van der Waals surface area (Å²) in [4.78, 5) is 11.9. The average Bonchev–Trinajstić information content (AvgIpc) is 2.57. The van der Waals surface area contributed by atoms with E-state index >= 15 is 0 Å². The smallest absolute Gasteiger partial charge is 0.423 e. The number of aliphatic carboxylic acids is 1. The fraction of sp³-hybridized carbons (Fsp3) is 0.591. The third kappa shape index (κ3) is 6.21. The van der Waals surface area contributed by atoms with Crippen LogP contribution in [0.25, 0.3) is 0 Å². The van der Waals surface area contributed by atoms with Gasteiger partial charge in [-0.1, -0.05) is 38.1 Å². The van der Waals surface area contributed by atoms with Crippen molar-refractivity contribution in [3.8, 4) is 12.3 Å². The molecule has 8 heteroatoms. The van der Waals surface area contributed by atoms with Crippen molar-refractivity contribution < 1.29 is 28.2 Å². The van der Waals surface area contributed by atoms with Gasteiger partial charge >= 0.3 is 12.1 Å². The Hall–Kier alpha value is -2.08. The summed E-state index contributed by atoms with van der Waals surface area (Å²) in [5, 5.41) is 20.3. The largest absolute Gasteiger partial charge is 0.481 e. The number of terminal acetylenes is 1. The van der Waals surface area contributed by atoms with Crippen molar-refractivity contribution in [2.24, 2.45) is 28.2 Å². The van der Waals surface area contributed by atoms with E-state index in [9.17, 15) is 28.2 Å². The number of rotatable bonds is 9. The van der Waals surface area contributed by atoms with E-state index in [-0.39, 0.29) is 18.4 Å². The lowest BCUT2D eigenvalue weighted by Gasteiger charge is -2.38. The third-order valence-corrected chi connectivity index (χ3v) is 5.41. The second kappa shape index (κ2) is 8.96. The van der Waals surface area contributed by atoms with Crippen LogP contribution in [-0.4, -0.2) is 28.5 Å². The highest BCUT2D eigenvalue weighted by Crippen LogP contribution is 2.41. The quantitative estimate of drug-likeness (QED) is 0.356. The number of aliphatic hydroxyl groups is 1. The van der Waals surface area contributed by atoms with Gasteiger partial charge in [-0.3, -0.25) is 4.79 Å². The van der Waals surface area contributed by atoms with Crippen molar-refractivity contribution in [2.45, 2.75) is 64.9 Å². The van der Waals surface area contributed by atoms with Crippen molar-refractivity contribution in [2.75, 3.05) is 0 Å². The lowest BCUT2D eigenvalue weighted by molar-refractivity contribution is -0.188. The molecule has 0 spiro atoms. The summed E-state index contributed by atoms with van der Waals surface area (Å²) in [7, 11) is 0. The summed E-state index contributed by atoms with van der Waals surface area (Å²) in [5.41, 5.74) is 6.46. The maximum Gasteiger partial charge on any atom is 0.423 e. The van der Waals surface area contributed by atoms with Crippen LogP contribution in [0.4, 0.5) is 13.2 Å². The molecule has 0 aliphatic heterocycles. The van der Waals surface area contributed by atoms with Gasteiger partial charge in [0, 0.05) is 5.41 Å². The second-order valence-electron chi connectivity index (χ2n) is 9.18. The van der Waals surface area contributed by atoms with E-state index in [4.69, 9.17) is 17.9 Å². The molecule has 6 N–H and O–H groups in total. The maximum absolute atomic E-state index is 12.9. The van der Waals surface area contributed by atoms with Crippen molar-refractivity contribution in [3.05, 3.63) is 35.4 Å². The molecule has 1 rings (SSSR count). The molecule has 0 aliphatic carbocycles. The van der Waals surface area contributed by atoms with E-state index < -0.39 is 40.7 Å². The van der Waals surface area contributed by atoms with Crippen LogP contribution >= 0.6 is 0 Å². The van der Waals surface area contributed by atoms with E-state index in [0.717, 1.165) is 0 Å². The molecule has 0 radical (unpaired) electrons. The van der Waals surface area contributed by atoms with Gasteiger partial charge in [-0.2, -0.15) is 13.2 Å². The van der Waals surface area contributed by atoms with Crippen molar-refractivity contribution >= 4 is 5.97 Å². The van der Waals surface area contributed by atoms with Crippen molar-refractivity contribution in [1.29, 1.82) is 0 Å². The Labute approximate surface area is 175 Å². The van der Waals surface area contributed by atoms with Gasteiger partial charge in [0.25, 0.3) is 0 Å². The van der Waals surface area contributed by atoms with E-state index in [0.29, 0.717) is 12.0 Å². The van der Waals surface area contributed by atoms with E-state index in [2.05, 4.69) is 5.92 Å². The Kier molecular flexibility index (Phi) is 7.75. The molecule has 0 aliphatic rings. The maximum atomic E-state index is 12.9. The number of carboxylic acids is 1. The number of aliphatic hydroxyl groups excluding tert-OH is 1. The zero-order valence-electron chi connectivity index (χ0n) is 17.8. The molecule has 168 valence electrons. The van der Waals surface area contributed by atoms with Gasteiger partial charge in [0.2, 0.25) is 0 Å². The number of halogens is 3. The number of hydrogen-bond acceptors (Lipinski definition) is 4. The molecule has 0 fully saturated rings. The van der Waals surface area contributed by atoms with E-state index in [1.165, 1.54) is 24.3 Å². The first-order valence-electron chi connectivity index (χ1n) is 9.57. The third-order valence-electron chi connectivity index (χ3n) is 5.41. The number of carbonyl (C=O) groups is 1. The Balaban J connectivity index is 2.92. The monoisotopic (exact) mass is 428 g/mol. The molecule has 0 amide bonds. The fourth-order valence-electron chi connectivity index (χ4n) is 3.91. The van der Waals surface area contributed by atoms with Crippen LogP contribution in [0, 0.1) is 29.1 Å². The predicted octanol–water partition coefficient (Wildman–Crippen LogP) is 3.39. The van der Waals surface area contributed by atoms with Crippen LogP contribution in [0.15, 0.2) is 24.3 Å². The van der Waals surface area contributed by atoms with Gasteiger partial charge in [-0.15, -0.1) is 12.3 Å². The topological polar surface area (TPSA) is 110 Å². The second-order valence-corrected chi connectivity index (χ2v) is 9.18. The molecule has 0 saturated heterocycles. The molecule has 0 heterocycles. The first kappa shape index (κ1) is 26.0. The highest BCUT2D eigenvalue weighted by Gasteiger charge is 2.50. The molecule has 1 aromatic carbocycles. The number of hydrogen-bond donors (Lipinski definition) is 4. The lowest BCUT2D eigenvalue weighted by atomic mass is 9.66. The van der Waals surface area contributed by atoms with Gasteiger partial charge < -0.3 is 21.7 Å². The van der Waals surface area contributed by atoms with Crippen LogP contribution in [-0.2, 0) is 16.9 Å². The van der Waals surface area contributed by atoms with Gasteiger partial charge in [-0.25, -0.2) is 0 Å². The summed E-state index contributed by atoms with van der Waals surface area (Å²) in [6.07, 6.45) is 0.334. The standard InChI is InChI=1S/C22H31F3N2O3/c1-6-19(2,3)13-20(4,5)17(18(29)30)16(28)12-9-14-7-10-15(11-8-14)21(26,27)22(23,24)25/h1,7-8,10-11,16-17,28H,9,12-13,26-27H2,2-5H3,(H,29,30)/t16-,17+/m0/s1. The lowest BCUT2D eigenvalue weighted by Crippen LogP contribution is -2.57. The number of nitrogens with two attached hydrogens (primary N) is 2. The van der Waals surface area contributed by atoms with Crippen LogP contribution in [0.3, 0.4) is 0 Å². The Morgan fingerprint density at radius 3 is 2.03 bits per heavy atom. The fourth-order valence-corrected chi connectivity index (χ4v) is 3.91. The molecule has 0 aromatic heterocycles. The highest BCUT2D eigenvalue weighted by atomic mass is 19.4. The van der Waals surface area contributed by atoms with Crippen LogP contribution in [0.1, 0.15) is 51.7 Å². The summed E-state index contributed by atoms with van der Waals surface area (Å²) in [5.74, 6) is 0.453. The zero-order chi connectivity index (χ0) is 23.5. The van der Waals surface area contributed by atoms with E-state index in [1.807, 2.05) is 13.8 Å². The first-order valence-corrected chi connectivity index (χ1v) is 9.57. The Morgan fingerprint density at radius 1 is 1.13 bits per heavy atom. The van der Waals surface area contributed by atoms with Crippen LogP contribution in [0.2, 0.25) is 0 Å². The summed E-state index contributed by atoms with van der Waals surface area (Å²) in [6.45, 7) is 7.17. The zero-order valence-corrected chi connectivity index (χ0v) is 17.8. The average molecular weight is 428 g/mol. The number of benzene rings is 1. The van der Waals surface area contributed by atoms with Gasteiger partial charge in [0.05, 0.1) is 12.0 Å². The minimum atomic E-state index is -4.81. The molecular formula is C22H31F3N2O3. The molecular weight excluding hydrogens is 397 g/mol. The normalized spacial score (nSPS) is 15.4. The number of aryl methyl sites for hydroxylation is 1. The summed E-state index contributed by atoms with van der Waals surface area (Å²) < 4.78 is 38.8. The Morgan fingerprint density at radius 2 is 1.63 bits per heavy atom. The predicted molar refractivity (Wildman–Crippen MR) is 109 cm³/mol. The van der Waals surface area contributed by atoms with Crippen LogP contribution in [0.5, 0.6) is 0 Å². The van der Waals surface area contributed by atoms with Gasteiger partial charge in [0.1, 0.15) is 0 Å². The highest BCUT2D eigenvalue weighted by molar-refractivity contribution is 5.71. The minimum absolute atomic E-state index is 0.117. The minimum Gasteiger partial charge on any atom is -0.481 e. The summed E-state index contributed by atoms with van der Waals surface area (Å²) in [6, 6.07) is 5.24. The van der Waals surface area contributed by atoms with Crippen molar-refractivity contribution in [1.82, 2.24) is 0 Å². The van der Waals surface area contributed by atoms with Gasteiger partial charge in [-0.05, 0) is 49.7 Å². The number of carboxylic acid groups (broad SMARTS) is 1. The van der Waals surface area contributed by atoms with Crippen molar-refractivity contribution in [3.63, 3.8) is 0 Å². The van der Waals surface area contributed by atoms with Gasteiger partial charge in [0.15, 0.2) is 5.66 Å². The summed E-state index contributed by atoms with van der Waals surface area (Å²) >= 11 is 0. The molecule has 0 saturated carbocycles. The Bertz CT molecular complexity index is 778. The molecule has 0 unspecified atom stereocenters. The number of alkyl halides is 3. The SMILES string of the molecule is C#CC(C)(C)CC(C)(C)[C@@H](C(=O)O)[C@@H](O)CCc1ccc(C(N)(N)C(F)(F)F)cc1. The van der Waals surface area contributed by atoms with E-state index in [1.54, 1.807) is 13.8 Å². The molecule has 2 atom stereocenters. The molecule has 30 heavy (non-hydrogen) atoms. The molecule has 0 bridgehead atoms. The molecule has 5 nitrogen and oxygen atoms in total. The van der Waals surface area contributed by atoms with Crippen LogP contribution < -0.4 is 11.5 Å².